The van der Waals surface area contributed by atoms with Crippen LogP contribution >= 0.6 is 0 Å². The zero-order chi connectivity index (χ0) is 14.3. The topological polar surface area (TPSA) is 149 Å². The summed E-state index contributed by atoms with van der Waals surface area (Å²) in [6.45, 7) is 4.33. The van der Waals surface area contributed by atoms with Gasteiger partial charge in [0.2, 0.25) is 0 Å². The predicted molar refractivity (Wildman–Crippen MR) is 61.2 cm³/mol. The van der Waals surface area contributed by atoms with E-state index in [-0.39, 0.29) is 40.6 Å². The summed E-state index contributed by atoms with van der Waals surface area (Å²) >= 11 is 0. The van der Waals surface area contributed by atoms with E-state index in [1.54, 1.807) is 0 Å². The van der Waals surface area contributed by atoms with Crippen LogP contribution in [0.2, 0.25) is 0 Å². The molecule has 100 valence electrons. The average molecular weight is 282 g/mol. The van der Waals surface area contributed by atoms with Crippen LogP contribution in [0.5, 0.6) is 0 Å². The molecule has 8 nitrogen and oxygen atoms in total. The third kappa shape index (κ3) is 3530. The van der Waals surface area contributed by atoms with Crippen LogP contribution in [0.1, 0.15) is 30.5 Å². The third-order valence-electron chi connectivity index (χ3n) is 0. The Morgan fingerprint density at radius 1 is 0.588 bits per heavy atom. The van der Waals surface area contributed by atoms with E-state index in [4.69, 9.17) is 39.6 Å². The van der Waals surface area contributed by atoms with E-state index in [0.29, 0.717) is 0 Å². The molecule has 0 aliphatic carbocycles. The molecular formula is C8H18CaO8. The van der Waals surface area contributed by atoms with E-state index in [1.807, 2.05) is 0 Å². The first kappa shape index (κ1) is 29.8. The molecule has 0 aromatic rings. The van der Waals surface area contributed by atoms with Crippen molar-refractivity contribution in [2.45, 2.75) is 27.7 Å². The second-order valence-electron chi connectivity index (χ2n) is 2.08. The van der Waals surface area contributed by atoms with Crippen molar-refractivity contribution in [3.63, 3.8) is 0 Å². The molecule has 0 aliphatic heterocycles. The minimum Gasteiger partial charge on any atom is -1.00 e. The van der Waals surface area contributed by atoms with Crippen molar-refractivity contribution in [3.8, 4) is 0 Å². The largest absolute Gasteiger partial charge is 2.00 e. The van der Waals surface area contributed by atoms with Gasteiger partial charge in [-0.05, 0) is 0 Å². The Labute approximate surface area is 131 Å². The van der Waals surface area contributed by atoms with E-state index in [0.717, 1.165) is 27.7 Å². The quantitative estimate of drug-likeness (QED) is 0.460. The molecule has 0 fully saturated rings. The summed E-state index contributed by atoms with van der Waals surface area (Å²) in [7, 11) is 0. The molecule has 0 aromatic heterocycles. The molecular weight excluding hydrogens is 264 g/mol. The summed E-state index contributed by atoms with van der Waals surface area (Å²) in [5, 5.41) is 29.7. The molecule has 0 amide bonds. The van der Waals surface area contributed by atoms with Gasteiger partial charge in [-0.2, -0.15) is 0 Å². The summed E-state index contributed by atoms with van der Waals surface area (Å²) in [5.74, 6) is -3.33. The van der Waals surface area contributed by atoms with Crippen molar-refractivity contribution in [2.75, 3.05) is 0 Å². The van der Waals surface area contributed by atoms with Gasteiger partial charge in [0, 0.05) is 27.7 Å². The van der Waals surface area contributed by atoms with E-state index in [2.05, 4.69) is 0 Å². The fourth-order valence-electron chi connectivity index (χ4n) is 0. The monoisotopic (exact) mass is 282 g/mol. The van der Waals surface area contributed by atoms with Gasteiger partial charge >= 0.3 is 37.7 Å². The Morgan fingerprint density at radius 2 is 0.588 bits per heavy atom. The van der Waals surface area contributed by atoms with Crippen LogP contribution in [0.15, 0.2) is 0 Å². The first-order chi connectivity index (χ1) is 6.93. The zero-order valence-corrected chi connectivity index (χ0v) is 12.3. The van der Waals surface area contributed by atoms with Crippen LogP contribution in [-0.4, -0.2) is 82.0 Å². The maximum Gasteiger partial charge on any atom is 2.00 e. The normalized spacial score (nSPS) is 5.88. The minimum absolute atomic E-state index is 0. The second kappa shape index (κ2) is 24.4. The van der Waals surface area contributed by atoms with Gasteiger partial charge in [0.25, 0.3) is 23.9 Å². The average Bonchev–Trinajstić information content (AvgIpc) is 1.76. The standard InChI is InChI=1S/4C2H4O2.Ca.2H/c4*1-2(3)4;;;/h4*1H3,(H,3,4);;;/q;;;;+2;2*-1. The van der Waals surface area contributed by atoms with E-state index < -0.39 is 23.9 Å². The number of rotatable bonds is 0. The number of aliphatic carboxylic acids is 4. The molecule has 0 saturated heterocycles. The van der Waals surface area contributed by atoms with Crippen molar-refractivity contribution in [1.29, 1.82) is 0 Å². The zero-order valence-electron chi connectivity index (χ0n) is 12.1. The van der Waals surface area contributed by atoms with Crippen LogP contribution in [0, 0.1) is 0 Å². The molecule has 0 atom stereocenters. The van der Waals surface area contributed by atoms with Gasteiger partial charge in [-0.15, -0.1) is 0 Å². The Morgan fingerprint density at radius 3 is 0.588 bits per heavy atom. The molecule has 0 radical (unpaired) electrons. The van der Waals surface area contributed by atoms with Crippen molar-refractivity contribution >= 4 is 61.6 Å². The van der Waals surface area contributed by atoms with E-state index >= 15 is 0 Å². The fourth-order valence-corrected chi connectivity index (χ4v) is 0. The van der Waals surface area contributed by atoms with Gasteiger partial charge in [-0.25, -0.2) is 0 Å². The SMILES string of the molecule is CC(=O)O.CC(=O)O.CC(=O)O.CC(=O)O.[Ca+2].[H-].[H-]. The molecule has 0 aromatic carbocycles. The first-order valence-electron chi connectivity index (χ1n) is 3.71. The summed E-state index contributed by atoms with van der Waals surface area (Å²) in [6.07, 6.45) is 0. The summed E-state index contributed by atoms with van der Waals surface area (Å²) in [5.41, 5.74) is 0. The molecule has 0 unspecified atom stereocenters. The molecule has 0 rings (SSSR count). The maximum atomic E-state index is 9.00. The van der Waals surface area contributed by atoms with Crippen LogP contribution in [0.4, 0.5) is 0 Å². The number of hydrogen-bond acceptors (Lipinski definition) is 4. The fraction of sp³-hybridized carbons (Fsp3) is 0.500. The molecule has 17 heavy (non-hydrogen) atoms. The molecule has 0 saturated carbocycles. The van der Waals surface area contributed by atoms with Gasteiger partial charge in [-0.1, -0.05) is 0 Å². The van der Waals surface area contributed by atoms with E-state index in [1.165, 1.54) is 0 Å². The molecule has 9 heteroatoms. The summed E-state index contributed by atoms with van der Waals surface area (Å²) in [6, 6.07) is 0. The van der Waals surface area contributed by atoms with Gasteiger partial charge in [0.1, 0.15) is 0 Å². The van der Waals surface area contributed by atoms with Crippen molar-refractivity contribution in [2.24, 2.45) is 0 Å². The Balaban J connectivity index is -0.0000000192. The first-order valence-corrected chi connectivity index (χ1v) is 3.71. The molecule has 0 bridgehead atoms. The number of carbonyl (C=O) groups is 4. The third-order valence-corrected chi connectivity index (χ3v) is 0. The number of hydrogen-bond donors (Lipinski definition) is 4. The van der Waals surface area contributed by atoms with Gasteiger partial charge < -0.3 is 23.3 Å². The van der Waals surface area contributed by atoms with Crippen molar-refractivity contribution in [1.82, 2.24) is 0 Å². The Hall–Kier alpha value is -0.860. The van der Waals surface area contributed by atoms with Crippen LogP contribution in [-0.2, 0) is 19.2 Å². The Bertz CT molecular complexity index is 171. The maximum absolute atomic E-state index is 9.00. The van der Waals surface area contributed by atoms with Gasteiger partial charge in [-0.3, -0.25) is 19.2 Å². The smallest absolute Gasteiger partial charge is 1.00 e. The van der Waals surface area contributed by atoms with E-state index in [9.17, 15) is 0 Å². The molecule has 0 aliphatic rings. The summed E-state index contributed by atoms with van der Waals surface area (Å²) in [4.78, 5) is 36.0. The van der Waals surface area contributed by atoms with Crippen molar-refractivity contribution in [3.05, 3.63) is 0 Å². The molecule has 0 spiro atoms. The molecule has 0 heterocycles. The number of carboxylic acid groups (broad SMARTS) is 4. The van der Waals surface area contributed by atoms with Crippen LogP contribution in [0.3, 0.4) is 0 Å². The van der Waals surface area contributed by atoms with Crippen molar-refractivity contribution < 1.29 is 42.5 Å². The summed E-state index contributed by atoms with van der Waals surface area (Å²) < 4.78 is 0. The predicted octanol–water partition coefficient (Wildman–Crippen LogP) is 0.208. The Kier molecular flexibility index (Phi) is 42.8. The second-order valence-corrected chi connectivity index (χ2v) is 2.08. The minimum atomic E-state index is -0.833. The number of carboxylic acids is 4. The van der Waals surface area contributed by atoms with Crippen LogP contribution in [0.25, 0.3) is 0 Å². The van der Waals surface area contributed by atoms with Crippen LogP contribution < -0.4 is 0 Å². The van der Waals surface area contributed by atoms with Gasteiger partial charge in [0.15, 0.2) is 0 Å². The van der Waals surface area contributed by atoms with Gasteiger partial charge in [0.05, 0.1) is 0 Å². The molecule has 4 N–H and O–H groups in total.